The minimum Gasteiger partial charge on any atom is -0.508 e. The van der Waals surface area contributed by atoms with Crippen LogP contribution in [-0.4, -0.2) is 33.5 Å². The second-order valence-electron chi connectivity index (χ2n) is 5.38. The zero-order valence-electron chi connectivity index (χ0n) is 14.2. The van der Waals surface area contributed by atoms with Crippen molar-refractivity contribution in [3.05, 3.63) is 59.7 Å². The summed E-state index contributed by atoms with van der Waals surface area (Å²) in [6.45, 7) is 3.24. The van der Waals surface area contributed by atoms with Crippen molar-refractivity contribution in [3.8, 4) is 11.5 Å². The molecular formula is C18H18N4O4. The zero-order valence-corrected chi connectivity index (χ0v) is 14.2. The Morgan fingerprint density at radius 2 is 1.15 bits per heavy atom. The number of phenols is 2. The summed E-state index contributed by atoms with van der Waals surface area (Å²) in [5.41, 5.74) is 6.27. The molecule has 0 spiro atoms. The van der Waals surface area contributed by atoms with Gasteiger partial charge in [-0.15, -0.1) is 0 Å². The molecule has 0 aromatic heterocycles. The smallest absolute Gasteiger partial charge is 0.331 e. The molecule has 26 heavy (non-hydrogen) atoms. The van der Waals surface area contributed by atoms with Crippen LogP contribution in [0.5, 0.6) is 11.5 Å². The number of rotatable bonds is 4. The maximum absolute atomic E-state index is 11.8. The molecule has 0 fully saturated rings. The second-order valence-corrected chi connectivity index (χ2v) is 5.38. The lowest BCUT2D eigenvalue weighted by atomic mass is 10.1. The Hall–Kier alpha value is -3.68. The van der Waals surface area contributed by atoms with Gasteiger partial charge in [0.2, 0.25) is 0 Å². The third-order valence-corrected chi connectivity index (χ3v) is 3.38. The molecule has 0 saturated heterocycles. The standard InChI is InChI=1S/C18H18N4O4/c1-11(13-5-3-7-15(23)9-13)19-21-17(25)18(26)22-20-12(2)14-6-4-8-16(24)10-14/h3-10,23-24H,1-2H3,(H,21,25)(H,22,26). The molecule has 0 bridgehead atoms. The SMILES string of the molecule is CC(=NNC(=O)C(=O)NN=C(C)c1cccc(O)c1)c1cccc(O)c1. The first-order valence-corrected chi connectivity index (χ1v) is 7.64. The van der Waals surface area contributed by atoms with Gasteiger partial charge in [0.25, 0.3) is 0 Å². The van der Waals surface area contributed by atoms with Gasteiger partial charge in [-0.25, -0.2) is 10.9 Å². The van der Waals surface area contributed by atoms with E-state index in [9.17, 15) is 19.8 Å². The summed E-state index contributed by atoms with van der Waals surface area (Å²) in [6.07, 6.45) is 0. The summed E-state index contributed by atoms with van der Waals surface area (Å²) in [7, 11) is 0. The van der Waals surface area contributed by atoms with Crippen molar-refractivity contribution in [2.24, 2.45) is 10.2 Å². The van der Waals surface area contributed by atoms with Crippen molar-refractivity contribution in [3.63, 3.8) is 0 Å². The molecule has 0 aliphatic carbocycles. The monoisotopic (exact) mass is 354 g/mol. The molecule has 0 aliphatic rings. The van der Waals surface area contributed by atoms with Crippen molar-refractivity contribution in [2.75, 3.05) is 0 Å². The lowest BCUT2D eigenvalue weighted by Gasteiger charge is -2.04. The molecule has 2 aromatic rings. The predicted molar refractivity (Wildman–Crippen MR) is 96.9 cm³/mol. The summed E-state index contributed by atoms with van der Waals surface area (Å²) in [6, 6.07) is 12.7. The summed E-state index contributed by atoms with van der Waals surface area (Å²) in [5.74, 6) is -1.84. The van der Waals surface area contributed by atoms with Crippen LogP contribution in [0.2, 0.25) is 0 Å². The Balaban J connectivity index is 1.96. The van der Waals surface area contributed by atoms with Crippen molar-refractivity contribution < 1.29 is 19.8 Å². The highest BCUT2D eigenvalue weighted by Crippen LogP contribution is 2.12. The van der Waals surface area contributed by atoms with E-state index >= 15 is 0 Å². The van der Waals surface area contributed by atoms with E-state index in [1.807, 2.05) is 0 Å². The highest BCUT2D eigenvalue weighted by molar-refractivity contribution is 6.35. The van der Waals surface area contributed by atoms with E-state index in [4.69, 9.17) is 0 Å². The third kappa shape index (κ3) is 5.17. The molecule has 0 atom stereocenters. The van der Waals surface area contributed by atoms with Crippen LogP contribution >= 0.6 is 0 Å². The number of hydrogen-bond acceptors (Lipinski definition) is 6. The molecule has 0 unspecified atom stereocenters. The first kappa shape index (κ1) is 18.7. The molecule has 0 aliphatic heterocycles. The number of aromatic hydroxyl groups is 2. The number of phenolic OH excluding ortho intramolecular Hbond substituents is 2. The van der Waals surface area contributed by atoms with Crippen LogP contribution < -0.4 is 10.9 Å². The molecule has 0 saturated carbocycles. The zero-order chi connectivity index (χ0) is 19.1. The van der Waals surface area contributed by atoms with Crippen LogP contribution in [0.4, 0.5) is 0 Å². The van der Waals surface area contributed by atoms with E-state index in [1.54, 1.807) is 38.1 Å². The van der Waals surface area contributed by atoms with E-state index in [0.717, 1.165) is 0 Å². The number of carbonyl (C=O) groups excluding carboxylic acids is 2. The molecule has 8 nitrogen and oxygen atoms in total. The van der Waals surface area contributed by atoms with Crippen LogP contribution in [0, 0.1) is 0 Å². The quantitative estimate of drug-likeness (QED) is 0.377. The molecule has 134 valence electrons. The van der Waals surface area contributed by atoms with Gasteiger partial charge >= 0.3 is 11.8 Å². The van der Waals surface area contributed by atoms with Gasteiger partial charge in [-0.05, 0) is 38.1 Å². The number of nitrogens with zero attached hydrogens (tertiary/aromatic N) is 2. The first-order valence-electron chi connectivity index (χ1n) is 7.64. The maximum Gasteiger partial charge on any atom is 0.331 e. The van der Waals surface area contributed by atoms with Crippen LogP contribution in [0.3, 0.4) is 0 Å². The number of hydrogen-bond donors (Lipinski definition) is 4. The van der Waals surface area contributed by atoms with Crippen molar-refractivity contribution in [2.45, 2.75) is 13.8 Å². The third-order valence-electron chi connectivity index (χ3n) is 3.38. The van der Waals surface area contributed by atoms with Crippen molar-refractivity contribution >= 4 is 23.2 Å². The highest BCUT2D eigenvalue weighted by Gasteiger charge is 2.12. The van der Waals surface area contributed by atoms with Crippen molar-refractivity contribution in [1.82, 2.24) is 10.9 Å². The lowest BCUT2D eigenvalue weighted by Crippen LogP contribution is -2.36. The second kappa shape index (κ2) is 8.43. The largest absolute Gasteiger partial charge is 0.508 e. The minimum absolute atomic E-state index is 0.0675. The van der Waals surface area contributed by atoms with E-state index < -0.39 is 11.8 Å². The minimum atomic E-state index is -0.989. The van der Waals surface area contributed by atoms with E-state index in [0.29, 0.717) is 22.6 Å². The van der Waals surface area contributed by atoms with Gasteiger partial charge in [0.05, 0.1) is 11.4 Å². The summed E-state index contributed by atoms with van der Waals surface area (Å²) in [4.78, 5) is 23.5. The number of amides is 2. The first-order chi connectivity index (χ1) is 12.4. The van der Waals surface area contributed by atoms with Gasteiger partial charge in [0, 0.05) is 11.1 Å². The Morgan fingerprint density at radius 1 is 0.769 bits per heavy atom. The Morgan fingerprint density at radius 3 is 1.50 bits per heavy atom. The summed E-state index contributed by atoms with van der Waals surface area (Å²) >= 11 is 0. The van der Waals surface area contributed by atoms with Crippen LogP contribution in [0.15, 0.2) is 58.7 Å². The highest BCUT2D eigenvalue weighted by atomic mass is 16.3. The molecule has 2 amide bonds. The van der Waals surface area contributed by atoms with Gasteiger partial charge in [-0.2, -0.15) is 10.2 Å². The summed E-state index contributed by atoms with van der Waals surface area (Å²) in [5, 5.41) is 26.5. The molecule has 0 radical (unpaired) electrons. The molecule has 2 aromatic carbocycles. The summed E-state index contributed by atoms with van der Waals surface area (Å²) < 4.78 is 0. The van der Waals surface area contributed by atoms with Gasteiger partial charge in [0.15, 0.2) is 0 Å². The fourth-order valence-electron chi connectivity index (χ4n) is 1.96. The lowest BCUT2D eigenvalue weighted by molar-refractivity contribution is -0.139. The van der Waals surface area contributed by atoms with E-state index in [-0.39, 0.29) is 11.5 Å². The number of carbonyl (C=O) groups is 2. The predicted octanol–water partition coefficient (Wildman–Crippen LogP) is 1.48. The van der Waals surface area contributed by atoms with Crippen LogP contribution in [0.25, 0.3) is 0 Å². The molecule has 8 heteroatoms. The maximum atomic E-state index is 11.8. The normalized spacial score (nSPS) is 11.8. The van der Waals surface area contributed by atoms with E-state index in [2.05, 4.69) is 21.1 Å². The van der Waals surface area contributed by atoms with Gasteiger partial charge in [0.1, 0.15) is 11.5 Å². The molecule has 4 N–H and O–H groups in total. The van der Waals surface area contributed by atoms with Gasteiger partial charge in [-0.3, -0.25) is 9.59 Å². The van der Waals surface area contributed by atoms with Crippen LogP contribution in [-0.2, 0) is 9.59 Å². The fraction of sp³-hybridized carbons (Fsp3) is 0.111. The molecular weight excluding hydrogens is 336 g/mol. The molecule has 2 rings (SSSR count). The Kier molecular flexibility index (Phi) is 6.05. The average molecular weight is 354 g/mol. The van der Waals surface area contributed by atoms with Crippen LogP contribution in [0.1, 0.15) is 25.0 Å². The Bertz CT molecular complexity index is 817. The fourth-order valence-corrected chi connectivity index (χ4v) is 1.96. The Labute approximate surface area is 149 Å². The average Bonchev–Trinajstić information content (AvgIpc) is 2.63. The number of benzene rings is 2. The number of nitrogens with one attached hydrogen (secondary N) is 2. The topological polar surface area (TPSA) is 123 Å². The molecule has 0 heterocycles. The van der Waals surface area contributed by atoms with Gasteiger partial charge in [-0.1, -0.05) is 24.3 Å². The number of hydrazone groups is 2. The van der Waals surface area contributed by atoms with Gasteiger partial charge < -0.3 is 10.2 Å². The van der Waals surface area contributed by atoms with Crippen molar-refractivity contribution in [1.29, 1.82) is 0 Å². The van der Waals surface area contributed by atoms with E-state index in [1.165, 1.54) is 24.3 Å².